The second kappa shape index (κ2) is 9.38. The summed E-state index contributed by atoms with van der Waals surface area (Å²) >= 11 is 3.40. The summed E-state index contributed by atoms with van der Waals surface area (Å²) in [6, 6.07) is 13.6. The number of hydrogen-bond acceptors (Lipinski definition) is 4. The Bertz CT molecular complexity index is 1320. The van der Waals surface area contributed by atoms with E-state index < -0.39 is 29.4 Å². The van der Waals surface area contributed by atoms with Gasteiger partial charge in [-0.3, -0.25) is 14.5 Å². The van der Waals surface area contributed by atoms with Gasteiger partial charge in [0.2, 0.25) is 0 Å². The van der Waals surface area contributed by atoms with E-state index in [1.807, 2.05) is 13.8 Å². The number of halogens is 3. The Morgan fingerprint density at radius 2 is 1.74 bits per heavy atom. The number of aliphatic hydroxyl groups excluding tert-OH is 1. The number of carbonyl (C=O) groups is 2. The van der Waals surface area contributed by atoms with Crippen molar-refractivity contribution in [2.24, 2.45) is 0 Å². The predicted molar refractivity (Wildman–Crippen MR) is 128 cm³/mol. The number of anilines is 1. The Hall–Kier alpha value is -3.52. The van der Waals surface area contributed by atoms with Gasteiger partial charge in [0, 0.05) is 21.8 Å². The van der Waals surface area contributed by atoms with Gasteiger partial charge in [0.1, 0.15) is 11.5 Å². The predicted octanol–water partition coefficient (Wildman–Crippen LogP) is 6.06. The zero-order chi connectivity index (χ0) is 24.6. The summed E-state index contributed by atoms with van der Waals surface area (Å²) in [5.74, 6) is -3.91. The number of rotatable bonds is 5. The van der Waals surface area contributed by atoms with E-state index in [9.17, 15) is 23.5 Å². The van der Waals surface area contributed by atoms with E-state index in [4.69, 9.17) is 4.74 Å². The average molecular weight is 528 g/mol. The summed E-state index contributed by atoms with van der Waals surface area (Å²) in [6.07, 6.45) is 0. The average Bonchev–Trinajstić information content (AvgIpc) is 3.08. The van der Waals surface area contributed by atoms with Crippen LogP contribution in [-0.2, 0) is 9.59 Å². The van der Waals surface area contributed by atoms with Crippen molar-refractivity contribution < 1.29 is 28.2 Å². The SMILES string of the molecule is CCOc1ccc(C2/C(=C(\O)c3ccc(Br)c(C)c3)C(=O)C(=O)N2c2ccc(F)c(F)c2)cc1. The highest BCUT2D eigenvalue weighted by atomic mass is 79.9. The lowest BCUT2D eigenvalue weighted by Crippen LogP contribution is -2.29. The molecule has 1 saturated heterocycles. The molecule has 1 aliphatic heterocycles. The van der Waals surface area contributed by atoms with Gasteiger partial charge in [-0.2, -0.15) is 0 Å². The molecule has 0 aromatic heterocycles. The summed E-state index contributed by atoms with van der Waals surface area (Å²) < 4.78 is 33.9. The molecule has 1 aliphatic rings. The molecule has 174 valence electrons. The molecule has 1 unspecified atom stereocenters. The minimum atomic E-state index is -1.16. The van der Waals surface area contributed by atoms with Gasteiger partial charge in [-0.25, -0.2) is 8.78 Å². The smallest absolute Gasteiger partial charge is 0.300 e. The van der Waals surface area contributed by atoms with Crippen LogP contribution in [0.4, 0.5) is 14.5 Å². The molecule has 3 aromatic carbocycles. The number of Topliss-reactive ketones (excluding diaryl/α,β-unsaturated/α-hetero) is 1. The van der Waals surface area contributed by atoms with Crippen LogP contribution in [0.5, 0.6) is 5.75 Å². The third kappa shape index (κ3) is 4.21. The molecular formula is C26H20BrF2NO4. The zero-order valence-corrected chi connectivity index (χ0v) is 19.9. The van der Waals surface area contributed by atoms with Gasteiger partial charge in [-0.05, 0) is 61.4 Å². The molecule has 1 atom stereocenters. The molecule has 3 aromatic rings. The summed E-state index contributed by atoms with van der Waals surface area (Å²) in [7, 11) is 0. The van der Waals surface area contributed by atoms with Crippen LogP contribution in [0.15, 0.2) is 70.7 Å². The topological polar surface area (TPSA) is 66.8 Å². The fourth-order valence-electron chi connectivity index (χ4n) is 3.91. The van der Waals surface area contributed by atoms with E-state index in [-0.39, 0.29) is 17.0 Å². The third-order valence-corrected chi connectivity index (χ3v) is 6.45. The standard InChI is InChI=1S/C26H20BrF2NO4/c1-3-34-18-8-4-15(5-9-18)23-22(24(31)16-6-10-19(27)14(2)12-16)25(32)26(33)30(23)17-7-11-20(28)21(29)13-17/h4-13,23,31H,3H2,1-2H3/b24-22+. The highest BCUT2D eigenvalue weighted by Crippen LogP contribution is 2.43. The van der Waals surface area contributed by atoms with Crippen molar-refractivity contribution in [2.45, 2.75) is 19.9 Å². The molecule has 1 amide bonds. The molecule has 4 rings (SSSR count). The van der Waals surface area contributed by atoms with Crippen molar-refractivity contribution in [2.75, 3.05) is 11.5 Å². The summed E-state index contributed by atoms with van der Waals surface area (Å²) in [6.45, 7) is 4.12. The first kappa shape index (κ1) is 23.6. The molecule has 0 spiro atoms. The van der Waals surface area contributed by atoms with Crippen molar-refractivity contribution in [3.8, 4) is 5.75 Å². The summed E-state index contributed by atoms with van der Waals surface area (Å²) in [4.78, 5) is 27.3. The van der Waals surface area contributed by atoms with E-state index >= 15 is 0 Å². The second-order valence-electron chi connectivity index (χ2n) is 7.73. The lowest BCUT2D eigenvalue weighted by Gasteiger charge is -2.25. The van der Waals surface area contributed by atoms with Gasteiger partial charge >= 0.3 is 0 Å². The quantitative estimate of drug-likeness (QED) is 0.249. The molecule has 0 aliphatic carbocycles. The van der Waals surface area contributed by atoms with Crippen LogP contribution in [0.2, 0.25) is 0 Å². The highest BCUT2D eigenvalue weighted by Gasteiger charge is 2.47. The van der Waals surface area contributed by atoms with Gasteiger partial charge in [-0.1, -0.05) is 34.1 Å². The summed E-state index contributed by atoms with van der Waals surface area (Å²) in [5, 5.41) is 11.2. The number of amides is 1. The Morgan fingerprint density at radius 3 is 2.35 bits per heavy atom. The summed E-state index contributed by atoms with van der Waals surface area (Å²) in [5.41, 5.74) is 1.49. The molecule has 1 N–H and O–H groups in total. The van der Waals surface area contributed by atoms with Crippen molar-refractivity contribution in [3.63, 3.8) is 0 Å². The number of ketones is 1. The molecular weight excluding hydrogens is 508 g/mol. The van der Waals surface area contributed by atoms with Crippen molar-refractivity contribution in [3.05, 3.63) is 99.0 Å². The van der Waals surface area contributed by atoms with Gasteiger partial charge in [0.05, 0.1) is 18.2 Å². The number of carbonyl (C=O) groups excluding carboxylic acids is 2. The van der Waals surface area contributed by atoms with Gasteiger partial charge in [-0.15, -0.1) is 0 Å². The number of ether oxygens (including phenoxy) is 1. The molecule has 0 saturated carbocycles. The Balaban J connectivity index is 1.93. The molecule has 0 radical (unpaired) electrons. The minimum absolute atomic E-state index is 0.00841. The van der Waals surface area contributed by atoms with E-state index in [1.165, 1.54) is 6.07 Å². The largest absolute Gasteiger partial charge is 0.507 e. The lowest BCUT2D eigenvalue weighted by molar-refractivity contribution is -0.132. The van der Waals surface area contributed by atoms with Crippen LogP contribution in [0.1, 0.15) is 29.7 Å². The van der Waals surface area contributed by atoms with E-state index in [0.717, 1.165) is 27.1 Å². The molecule has 1 heterocycles. The molecule has 34 heavy (non-hydrogen) atoms. The van der Waals surface area contributed by atoms with E-state index in [0.29, 0.717) is 23.5 Å². The Morgan fingerprint density at radius 1 is 1.03 bits per heavy atom. The number of nitrogens with zero attached hydrogens (tertiary/aromatic N) is 1. The van der Waals surface area contributed by atoms with Crippen LogP contribution in [0.3, 0.4) is 0 Å². The fraction of sp³-hybridized carbons (Fsp3) is 0.154. The van der Waals surface area contributed by atoms with Crippen molar-refractivity contribution >= 4 is 39.1 Å². The first-order chi connectivity index (χ1) is 16.2. The van der Waals surface area contributed by atoms with Crippen molar-refractivity contribution in [1.29, 1.82) is 0 Å². The molecule has 5 nitrogen and oxygen atoms in total. The number of benzene rings is 3. The first-order valence-corrected chi connectivity index (χ1v) is 11.3. The molecule has 8 heteroatoms. The maximum Gasteiger partial charge on any atom is 0.300 e. The second-order valence-corrected chi connectivity index (χ2v) is 8.59. The molecule has 0 bridgehead atoms. The van der Waals surface area contributed by atoms with E-state index in [1.54, 1.807) is 42.5 Å². The highest BCUT2D eigenvalue weighted by molar-refractivity contribution is 9.10. The van der Waals surface area contributed by atoms with Gasteiger partial charge in [0.15, 0.2) is 11.6 Å². The minimum Gasteiger partial charge on any atom is -0.507 e. The Labute approximate surface area is 203 Å². The van der Waals surface area contributed by atoms with Gasteiger partial charge in [0.25, 0.3) is 11.7 Å². The Kier molecular flexibility index (Phi) is 6.52. The zero-order valence-electron chi connectivity index (χ0n) is 18.3. The maximum atomic E-state index is 14.0. The molecule has 1 fully saturated rings. The van der Waals surface area contributed by atoms with Crippen molar-refractivity contribution in [1.82, 2.24) is 0 Å². The van der Waals surface area contributed by atoms with Crippen LogP contribution >= 0.6 is 15.9 Å². The van der Waals surface area contributed by atoms with Crippen LogP contribution in [-0.4, -0.2) is 23.4 Å². The third-order valence-electron chi connectivity index (χ3n) is 5.56. The lowest BCUT2D eigenvalue weighted by atomic mass is 9.94. The monoisotopic (exact) mass is 527 g/mol. The number of aliphatic hydroxyl groups is 1. The number of aryl methyl sites for hydroxylation is 1. The first-order valence-electron chi connectivity index (χ1n) is 10.5. The fourth-order valence-corrected chi connectivity index (χ4v) is 4.16. The van der Waals surface area contributed by atoms with Gasteiger partial charge < -0.3 is 9.84 Å². The van der Waals surface area contributed by atoms with Crippen LogP contribution in [0, 0.1) is 18.6 Å². The maximum absolute atomic E-state index is 14.0. The van der Waals surface area contributed by atoms with Crippen LogP contribution in [0.25, 0.3) is 5.76 Å². The van der Waals surface area contributed by atoms with Crippen LogP contribution < -0.4 is 9.64 Å². The number of hydrogen-bond donors (Lipinski definition) is 1. The van der Waals surface area contributed by atoms with E-state index in [2.05, 4.69) is 15.9 Å². The normalized spacial score (nSPS) is 17.3.